The Balaban J connectivity index is 1.15. The maximum Gasteiger partial charge on any atom is 0.0714 e. The molecule has 0 amide bonds. The van der Waals surface area contributed by atoms with Gasteiger partial charge in [0.15, 0.2) is 0 Å². The highest BCUT2D eigenvalue weighted by atomic mass is 15.1. The summed E-state index contributed by atoms with van der Waals surface area (Å²) in [4.78, 5) is 2.52. The number of hydrogen-bond donors (Lipinski definition) is 0. The van der Waals surface area contributed by atoms with Crippen LogP contribution >= 0.6 is 0 Å². The average Bonchev–Trinajstić information content (AvgIpc) is 3.76. The molecule has 0 unspecified atom stereocenters. The van der Waals surface area contributed by atoms with Gasteiger partial charge in [0.05, 0.1) is 11.1 Å². The van der Waals surface area contributed by atoms with E-state index in [0.717, 1.165) is 17.1 Å². The van der Waals surface area contributed by atoms with Crippen molar-refractivity contribution in [1.82, 2.24) is 0 Å². The largest absolute Gasteiger partial charge is 0.310 e. The second-order valence-corrected chi connectivity index (χ2v) is 17.6. The standard InChI is InChI=1S/C62H45N/c1-61(2)56-32-18-16-30-51(56)52-36-34-47(40-57(52)61)63(60-33-19-17-31-54(60)50-29-15-14-28-49(50)42-20-6-3-7-21-42)48-35-37-53-55-38-43-22-12-13-23-44(43)39-58(55)62(59(53)41-48,45-24-8-4-9-25-45)46-26-10-5-11-27-46/h3-41H,1-2H3. The molecule has 0 atom stereocenters. The molecule has 2 aliphatic rings. The highest BCUT2D eigenvalue weighted by molar-refractivity contribution is 5.99. The van der Waals surface area contributed by atoms with Gasteiger partial charge in [0.25, 0.3) is 0 Å². The number of rotatable bonds is 7. The van der Waals surface area contributed by atoms with Crippen molar-refractivity contribution in [2.24, 2.45) is 0 Å². The minimum Gasteiger partial charge on any atom is -0.310 e. The van der Waals surface area contributed by atoms with E-state index in [2.05, 4.69) is 255 Å². The number of fused-ring (bicyclic) bond motifs is 7. The van der Waals surface area contributed by atoms with Gasteiger partial charge in [-0.2, -0.15) is 0 Å². The lowest BCUT2D eigenvalue weighted by Crippen LogP contribution is -2.28. The second kappa shape index (κ2) is 14.4. The lowest BCUT2D eigenvalue weighted by molar-refractivity contribution is 0.660. The Kier molecular flexibility index (Phi) is 8.49. The predicted octanol–water partition coefficient (Wildman–Crippen LogP) is 16.3. The maximum absolute atomic E-state index is 2.52. The summed E-state index contributed by atoms with van der Waals surface area (Å²) in [6.07, 6.45) is 0. The number of anilines is 3. The molecule has 0 spiro atoms. The summed E-state index contributed by atoms with van der Waals surface area (Å²) in [6.45, 7) is 4.75. The van der Waals surface area contributed by atoms with Crippen LogP contribution < -0.4 is 4.90 Å². The Bertz CT molecular complexity index is 3320. The number of para-hydroxylation sites is 1. The summed E-state index contributed by atoms with van der Waals surface area (Å²) in [5.74, 6) is 0. The van der Waals surface area contributed by atoms with Crippen LogP contribution in [-0.2, 0) is 10.8 Å². The normalized spacial score (nSPS) is 13.8. The summed E-state index contributed by atoms with van der Waals surface area (Å²) in [7, 11) is 0. The van der Waals surface area contributed by atoms with Crippen molar-refractivity contribution in [1.29, 1.82) is 0 Å². The molecule has 10 aromatic rings. The van der Waals surface area contributed by atoms with Crippen LogP contribution in [0.25, 0.3) is 55.3 Å². The van der Waals surface area contributed by atoms with Gasteiger partial charge in [0.1, 0.15) is 0 Å². The van der Waals surface area contributed by atoms with Crippen LogP contribution in [0.4, 0.5) is 17.1 Å². The molecule has 10 aromatic carbocycles. The van der Waals surface area contributed by atoms with Gasteiger partial charge in [0, 0.05) is 22.4 Å². The van der Waals surface area contributed by atoms with E-state index in [9.17, 15) is 0 Å². The first-order chi connectivity index (χ1) is 31.0. The van der Waals surface area contributed by atoms with E-state index in [4.69, 9.17) is 0 Å². The summed E-state index contributed by atoms with van der Waals surface area (Å²) >= 11 is 0. The summed E-state index contributed by atoms with van der Waals surface area (Å²) in [6, 6.07) is 88.0. The lowest BCUT2D eigenvalue weighted by Gasteiger charge is -2.35. The van der Waals surface area contributed by atoms with Gasteiger partial charge in [-0.05, 0) is 126 Å². The summed E-state index contributed by atoms with van der Waals surface area (Å²) in [5.41, 5.74) is 20.4. The minimum atomic E-state index is -0.570. The van der Waals surface area contributed by atoms with Gasteiger partial charge < -0.3 is 4.90 Å². The van der Waals surface area contributed by atoms with E-state index in [1.807, 2.05) is 0 Å². The molecule has 12 rings (SSSR count). The van der Waals surface area contributed by atoms with Crippen molar-refractivity contribution >= 4 is 27.8 Å². The highest BCUT2D eigenvalue weighted by Crippen LogP contribution is 2.59. The monoisotopic (exact) mass is 803 g/mol. The molecular formula is C62H45N. The third-order valence-corrected chi connectivity index (χ3v) is 13.9. The van der Waals surface area contributed by atoms with Gasteiger partial charge in [-0.15, -0.1) is 0 Å². The Morgan fingerprint density at radius 1 is 0.302 bits per heavy atom. The fourth-order valence-electron chi connectivity index (χ4n) is 11.0. The molecule has 298 valence electrons. The quantitative estimate of drug-likeness (QED) is 0.155. The second-order valence-electron chi connectivity index (χ2n) is 17.6. The molecule has 0 bridgehead atoms. The van der Waals surface area contributed by atoms with Gasteiger partial charge in [-0.25, -0.2) is 0 Å². The SMILES string of the molecule is CC1(C)c2ccccc2-c2ccc(N(c3ccc4c(c3)C(c3ccccc3)(c3ccccc3)c3cc5ccccc5cc3-4)c3ccccc3-c3ccccc3-c3ccccc3)cc21. The molecule has 2 aliphatic carbocycles. The predicted molar refractivity (Wildman–Crippen MR) is 264 cm³/mol. The zero-order valence-electron chi connectivity index (χ0n) is 35.5. The van der Waals surface area contributed by atoms with Crippen LogP contribution in [0.5, 0.6) is 0 Å². The van der Waals surface area contributed by atoms with Crippen LogP contribution in [0.15, 0.2) is 237 Å². The first kappa shape index (κ1) is 37.1. The van der Waals surface area contributed by atoms with Crippen molar-refractivity contribution < 1.29 is 0 Å². The Labute approximate surface area is 370 Å². The van der Waals surface area contributed by atoms with Crippen molar-refractivity contribution in [3.8, 4) is 44.5 Å². The third kappa shape index (κ3) is 5.63. The van der Waals surface area contributed by atoms with Crippen molar-refractivity contribution in [2.75, 3.05) is 4.90 Å². The fraction of sp³-hybridized carbons (Fsp3) is 0.0645. The molecule has 0 aliphatic heterocycles. The number of hydrogen-bond acceptors (Lipinski definition) is 1. The minimum absolute atomic E-state index is 0.162. The molecular weight excluding hydrogens is 759 g/mol. The Hall–Kier alpha value is -7.74. The van der Waals surface area contributed by atoms with E-state index in [0.29, 0.717) is 0 Å². The van der Waals surface area contributed by atoms with E-state index in [1.54, 1.807) is 0 Å². The molecule has 0 aromatic heterocycles. The highest BCUT2D eigenvalue weighted by Gasteiger charge is 2.47. The van der Waals surface area contributed by atoms with Gasteiger partial charge in [0.2, 0.25) is 0 Å². The molecule has 0 saturated heterocycles. The topological polar surface area (TPSA) is 3.24 Å². The Morgan fingerprint density at radius 2 is 0.762 bits per heavy atom. The zero-order valence-corrected chi connectivity index (χ0v) is 35.5. The molecule has 0 fully saturated rings. The zero-order chi connectivity index (χ0) is 42.1. The summed E-state index contributed by atoms with van der Waals surface area (Å²) < 4.78 is 0. The molecule has 0 radical (unpaired) electrons. The van der Waals surface area contributed by atoms with Crippen LogP contribution in [0.2, 0.25) is 0 Å². The Morgan fingerprint density at radius 3 is 1.43 bits per heavy atom. The van der Waals surface area contributed by atoms with Crippen LogP contribution in [-0.4, -0.2) is 0 Å². The van der Waals surface area contributed by atoms with E-state index >= 15 is 0 Å². The van der Waals surface area contributed by atoms with Crippen molar-refractivity contribution in [3.63, 3.8) is 0 Å². The van der Waals surface area contributed by atoms with Gasteiger partial charge >= 0.3 is 0 Å². The molecule has 63 heavy (non-hydrogen) atoms. The molecule has 1 heteroatoms. The first-order valence-corrected chi connectivity index (χ1v) is 22.1. The van der Waals surface area contributed by atoms with Crippen LogP contribution in [0, 0.1) is 0 Å². The van der Waals surface area contributed by atoms with Gasteiger partial charge in [-0.3, -0.25) is 0 Å². The first-order valence-electron chi connectivity index (χ1n) is 22.1. The average molecular weight is 804 g/mol. The number of nitrogens with zero attached hydrogens (tertiary/aromatic N) is 1. The third-order valence-electron chi connectivity index (χ3n) is 13.9. The maximum atomic E-state index is 2.52. The van der Waals surface area contributed by atoms with Crippen LogP contribution in [0.1, 0.15) is 47.2 Å². The number of benzene rings is 10. The molecule has 1 nitrogen and oxygen atoms in total. The molecule has 0 saturated carbocycles. The van der Waals surface area contributed by atoms with E-state index in [1.165, 1.54) is 88.7 Å². The molecule has 0 N–H and O–H groups in total. The van der Waals surface area contributed by atoms with Crippen molar-refractivity contribution in [2.45, 2.75) is 24.7 Å². The smallest absolute Gasteiger partial charge is 0.0714 e. The lowest BCUT2D eigenvalue weighted by atomic mass is 9.67. The van der Waals surface area contributed by atoms with Crippen molar-refractivity contribution in [3.05, 3.63) is 270 Å². The summed E-state index contributed by atoms with van der Waals surface area (Å²) in [5, 5.41) is 2.49. The van der Waals surface area contributed by atoms with Gasteiger partial charge in [-0.1, -0.05) is 208 Å². The molecule has 0 heterocycles. The van der Waals surface area contributed by atoms with Crippen LogP contribution in [0.3, 0.4) is 0 Å². The van der Waals surface area contributed by atoms with E-state index in [-0.39, 0.29) is 5.41 Å². The van der Waals surface area contributed by atoms with E-state index < -0.39 is 5.41 Å². The fourth-order valence-corrected chi connectivity index (χ4v) is 11.0.